The van der Waals surface area contributed by atoms with Gasteiger partial charge in [-0.15, -0.1) is 0 Å². The Morgan fingerprint density at radius 1 is 1.16 bits per heavy atom. The van der Waals surface area contributed by atoms with Crippen LogP contribution in [-0.4, -0.2) is 43.3 Å². The maximum absolute atomic E-state index is 12.6. The Balaban J connectivity index is 1.66. The Morgan fingerprint density at radius 2 is 1.78 bits per heavy atom. The number of hydrogen-bond acceptors (Lipinski definition) is 5. The molecule has 170 valence electrons. The highest BCUT2D eigenvalue weighted by molar-refractivity contribution is 6.39. The number of carbonyl (C=O) groups is 2. The van der Waals surface area contributed by atoms with Gasteiger partial charge in [-0.2, -0.15) is 0 Å². The van der Waals surface area contributed by atoms with Crippen LogP contribution in [0.25, 0.3) is 6.08 Å². The zero-order chi connectivity index (χ0) is 23.1. The quantitative estimate of drug-likeness (QED) is 0.578. The van der Waals surface area contributed by atoms with Crippen molar-refractivity contribution < 1.29 is 24.2 Å². The lowest BCUT2D eigenvalue weighted by atomic mass is 9.86. The number of methoxy groups -OCH3 is 1. The number of hydrogen-bond donors (Lipinski definition) is 2. The molecule has 3 rings (SSSR count). The van der Waals surface area contributed by atoms with E-state index in [4.69, 9.17) is 32.7 Å². The van der Waals surface area contributed by atoms with Crippen LogP contribution in [0, 0.1) is 0 Å². The smallest absolute Gasteiger partial charge is 0.328 e. The van der Waals surface area contributed by atoms with E-state index in [9.17, 15) is 14.7 Å². The molecule has 1 aliphatic rings. The minimum Gasteiger partial charge on any atom is -0.467 e. The normalized spacial score (nSPS) is 16.5. The van der Waals surface area contributed by atoms with Gasteiger partial charge in [-0.1, -0.05) is 65.7 Å². The first-order chi connectivity index (χ1) is 15.3. The molecule has 1 heterocycles. The van der Waals surface area contributed by atoms with Gasteiger partial charge < -0.3 is 19.9 Å². The first-order valence-electron chi connectivity index (χ1n) is 10.2. The molecule has 1 saturated heterocycles. The zero-order valence-electron chi connectivity index (χ0n) is 17.6. The molecule has 0 saturated carbocycles. The van der Waals surface area contributed by atoms with E-state index in [2.05, 4.69) is 5.32 Å². The summed E-state index contributed by atoms with van der Waals surface area (Å²) in [6.07, 6.45) is 4.95. The second kappa shape index (κ2) is 11.0. The summed E-state index contributed by atoms with van der Waals surface area (Å²) in [4.78, 5) is 24.8. The summed E-state index contributed by atoms with van der Waals surface area (Å²) in [5.74, 6) is -1.14. The Labute approximate surface area is 197 Å². The summed E-state index contributed by atoms with van der Waals surface area (Å²) in [6, 6.07) is 11.4. The minimum atomic E-state index is -0.904. The van der Waals surface area contributed by atoms with Gasteiger partial charge in [-0.25, -0.2) is 4.79 Å². The highest BCUT2D eigenvalue weighted by Gasteiger charge is 2.31. The number of rotatable bonds is 7. The van der Waals surface area contributed by atoms with Gasteiger partial charge in [0.05, 0.1) is 28.3 Å². The van der Waals surface area contributed by atoms with E-state index in [-0.39, 0.29) is 22.0 Å². The van der Waals surface area contributed by atoms with Crippen LogP contribution in [0.4, 0.5) is 0 Å². The molecule has 1 unspecified atom stereocenters. The molecule has 6 nitrogen and oxygen atoms in total. The molecule has 0 aliphatic carbocycles. The molecule has 1 atom stereocenters. The van der Waals surface area contributed by atoms with Crippen LogP contribution >= 0.6 is 23.2 Å². The number of aliphatic hydroxyl groups is 1. The molecule has 1 amide bonds. The van der Waals surface area contributed by atoms with Gasteiger partial charge >= 0.3 is 5.97 Å². The molecule has 1 aliphatic heterocycles. The van der Waals surface area contributed by atoms with E-state index in [1.807, 2.05) is 30.3 Å². The zero-order valence-corrected chi connectivity index (χ0v) is 19.2. The summed E-state index contributed by atoms with van der Waals surface area (Å²) in [6.45, 7) is 1.08. The summed E-state index contributed by atoms with van der Waals surface area (Å²) < 4.78 is 10.1. The number of ether oxygens (including phenoxy) is 2. The lowest BCUT2D eigenvalue weighted by molar-refractivity contribution is -0.142. The average molecular weight is 478 g/mol. The van der Waals surface area contributed by atoms with Crippen molar-refractivity contribution in [3.8, 4) is 0 Å². The van der Waals surface area contributed by atoms with Crippen molar-refractivity contribution in [2.45, 2.75) is 30.9 Å². The third-order valence-corrected chi connectivity index (χ3v) is 6.06. The Morgan fingerprint density at radius 3 is 2.38 bits per heavy atom. The van der Waals surface area contributed by atoms with Crippen LogP contribution in [0.1, 0.15) is 40.7 Å². The molecule has 2 N–H and O–H groups in total. The van der Waals surface area contributed by atoms with E-state index >= 15 is 0 Å². The van der Waals surface area contributed by atoms with Crippen molar-refractivity contribution in [1.82, 2.24) is 5.32 Å². The van der Waals surface area contributed by atoms with E-state index in [1.165, 1.54) is 7.11 Å². The molecule has 2 aromatic carbocycles. The Hall–Kier alpha value is -2.38. The average Bonchev–Trinajstić information content (AvgIpc) is 2.78. The number of nitrogens with one attached hydrogen (secondary N) is 1. The van der Waals surface area contributed by atoms with E-state index < -0.39 is 23.5 Å². The fraction of sp³-hybridized carbons (Fsp3) is 0.333. The maximum atomic E-state index is 12.6. The van der Waals surface area contributed by atoms with Gasteiger partial charge in [0.15, 0.2) is 0 Å². The Bertz CT molecular complexity index is 964. The van der Waals surface area contributed by atoms with Gasteiger partial charge in [0.1, 0.15) is 6.04 Å². The van der Waals surface area contributed by atoms with Crippen molar-refractivity contribution in [3.05, 3.63) is 75.3 Å². The SMILES string of the molecule is COC(=O)C(C/C=C/c1ccc(C2(O)CCOCC2)cc1)NC(=O)c1c(Cl)cccc1Cl. The van der Waals surface area contributed by atoms with Crippen molar-refractivity contribution in [1.29, 1.82) is 0 Å². The highest BCUT2D eigenvalue weighted by atomic mass is 35.5. The number of carbonyl (C=O) groups excluding carboxylic acids is 2. The molecular formula is C24H25Cl2NO5. The molecule has 0 spiro atoms. The first kappa shape index (κ1) is 24.3. The van der Waals surface area contributed by atoms with Gasteiger partial charge in [0.25, 0.3) is 5.91 Å². The van der Waals surface area contributed by atoms with Gasteiger partial charge in [0.2, 0.25) is 0 Å². The molecule has 1 fully saturated rings. The van der Waals surface area contributed by atoms with Crippen LogP contribution in [0.15, 0.2) is 48.5 Å². The second-order valence-electron chi connectivity index (χ2n) is 7.55. The fourth-order valence-electron chi connectivity index (χ4n) is 3.54. The fourth-order valence-corrected chi connectivity index (χ4v) is 4.11. The lowest BCUT2D eigenvalue weighted by Gasteiger charge is -2.32. The molecule has 0 aromatic heterocycles. The van der Waals surface area contributed by atoms with Crippen molar-refractivity contribution in [2.24, 2.45) is 0 Å². The number of amides is 1. The first-order valence-corrected chi connectivity index (χ1v) is 11.0. The largest absolute Gasteiger partial charge is 0.467 e. The van der Waals surface area contributed by atoms with Crippen molar-refractivity contribution in [3.63, 3.8) is 0 Å². The number of benzene rings is 2. The summed E-state index contributed by atoms with van der Waals surface area (Å²) >= 11 is 12.2. The topological polar surface area (TPSA) is 84.9 Å². The monoisotopic (exact) mass is 477 g/mol. The number of esters is 1. The van der Waals surface area contributed by atoms with Crippen LogP contribution in [0.3, 0.4) is 0 Å². The second-order valence-corrected chi connectivity index (χ2v) is 8.36. The molecule has 32 heavy (non-hydrogen) atoms. The summed E-state index contributed by atoms with van der Waals surface area (Å²) in [5.41, 5.74) is 0.999. The van der Waals surface area contributed by atoms with Crippen molar-refractivity contribution in [2.75, 3.05) is 20.3 Å². The highest BCUT2D eigenvalue weighted by Crippen LogP contribution is 2.32. The standard InChI is InChI=1S/C24H25Cl2NO5/c1-31-23(29)20(27-22(28)21-18(25)5-3-6-19(21)26)7-2-4-16-8-10-17(11-9-16)24(30)12-14-32-15-13-24/h2-6,8-11,20,30H,7,12-15H2,1H3,(H,27,28)/b4-2+. The summed E-state index contributed by atoms with van der Waals surface area (Å²) in [5, 5.41) is 13.8. The van der Waals surface area contributed by atoms with Crippen LogP contribution in [-0.2, 0) is 19.9 Å². The Kier molecular flexibility index (Phi) is 8.32. The molecular weight excluding hydrogens is 453 g/mol. The van der Waals surface area contributed by atoms with Gasteiger partial charge in [-0.05, 0) is 29.7 Å². The van der Waals surface area contributed by atoms with E-state index in [0.29, 0.717) is 26.1 Å². The third-order valence-electron chi connectivity index (χ3n) is 5.43. The van der Waals surface area contributed by atoms with E-state index in [1.54, 1.807) is 24.3 Å². The maximum Gasteiger partial charge on any atom is 0.328 e. The molecule has 8 heteroatoms. The van der Waals surface area contributed by atoms with Gasteiger partial charge in [0, 0.05) is 26.1 Å². The minimum absolute atomic E-state index is 0.107. The predicted molar refractivity (Wildman–Crippen MR) is 124 cm³/mol. The van der Waals surface area contributed by atoms with Crippen molar-refractivity contribution >= 4 is 41.2 Å². The van der Waals surface area contributed by atoms with Gasteiger partial charge in [-0.3, -0.25) is 4.79 Å². The molecule has 0 bridgehead atoms. The third kappa shape index (κ3) is 5.90. The molecule has 2 aromatic rings. The van der Waals surface area contributed by atoms with Crippen LogP contribution in [0.5, 0.6) is 0 Å². The van der Waals surface area contributed by atoms with Crippen LogP contribution in [0.2, 0.25) is 10.0 Å². The molecule has 0 radical (unpaired) electrons. The predicted octanol–water partition coefficient (Wildman–Crippen LogP) is 4.37. The summed E-state index contributed by atoms with van der Waals surface area (Å²) in [7, 11) is 1.26. The van der Waals surface area contributed by atoms with E-state index in [0.717, 1.165) is 11.1 Å². The number of halogens is 2. The van der Waals surface area contributed by atoms with Crippen LogP contribution < -0.4 is 5.32 Å². The lowest BCUT2D eigenvalue weighted by Crippen LogP contribution is -2.41.